The van der Waals surface area contributed by atoms with Gasteiger partial charge in [-0.25, -0.2) is 8.42 Å². The third-order valence-electron chi connectivity index (χ3n) is 4.83. The zero-order valence-electron chi connectivity index (χ0n) is 17.9. The van der Waals surface area contributed by atoms with Crippen LogP contribution in [0, 0.1) is 20.8 Å². The van der Waals surface area contributed by atoms with Gasteiger partial charge in [0.05, 0.1) is 24.6 Å². The summed E-state index contributed by atoms with van der Waals surface area (Å²) in [5.74, 6) is 0.181. The maximum absolute atomic E-state index is 12.7. The number of aryl methyl sites for hydroxylation is 3. The third kappa shape index (κ3) is 5.97. The number of rotatable bonds is 8. The number of benzene rings is 2. The number of anilines is 1. The molecule has 0 fully saturated rings. The monoisotopic (exact) mass is 418 g/mol. The predicted molar refractivity (Wildman–Crippen MR) is 117 cm³/mol. The Labute approximate surface area is 173 Å². The molecule has 1 amide bonds. The van der Waals surface area contributed by atoms with E-state index in [-0.39, 0.29) is 18.5 Å². The van der Waals surface area contributed by atoms with E-state index >= 15 is 0 Å². The van der Waals surface area contributed by atoms with E-state index < -0.39 is 10.0 Å². The number of sulfonamides is 1. The lowest BCUT2D eigenvalue weighted by molar-refractivity contribution is -0.120. The molecule has 0 aliphatic heterocycles. The highest BCUT2D eigenvalue weighted by molar-refractivity contribution is 7.92. The Morgan fingerprint density at radius 3 is 2.38 bits per heavy atom. The molecule has 0 radical (unpaired) electrons. The van der Waals surface area contributed by atoms with E-state index in [4.69, 9.17) is 4.74 Å². The van der Waals surface area contributed by atoms with Gasteiger partial charge in [-0.3, -0.25) is 9.10 Å². The van der Waals surface area contributed by atoms with Crippen molar-refractivity contribution in [2.45, 2.75) is 40.7 Å². The number of carbonyl (C=O) groups excluding carboxylic acids is 1. The van der Waals surface area contributed by atoms with E-state index in [9.17, 15) is 13.2 Å². The van der Waals surface area contributed by atoms with Crippen molar-refractivity contribution in [2.75, 3.05) is 23.7 Å². The Hall–Kier alpha value is -2.54. The number of amides is 1. The molecule has 0 saturated heterocycles. The summed E-state index contributed by atoms with van der Waals surface area (Å²) in [5.41, 5.74) is 4.85. The van der Waals surface area contributed by atoms with Gasteiger partial charge >= 0.3 is 0 Å². The molecule has 2 aromatic carbocycles. The number of nitrogens with zero attached hydrogens (tertiary/aromatic N) is 1. The van der Waals surface area contributed by atoms with Gasteiger partial charge in [0.15, 0.2) is 0 Å². The minimum atomic E-state index is -3.65. The standard InChI is InChI=1S/C22H30N2O4S/c1-7-28-20-10-8-9-19(13-20)24(29(6,26)27)14-22(25)23-18(5)21-12-16(3)15(2)11-17(21)4/h8-13,18H,7,14H2,1-6H3,(H,23,25)/t18-/m0/s1. The fourth-order valence-electron chi connectivity index (χ4n) is 3.24. The van der Waals surface area contributed by atoms with Crippen LogP contribution in [0.25, 0.3) is 0 Å². The molecule has 0 bridgehead atoms. The highest BCUT2D eigenvalue weighted by atomic mass is 32.2. The lowest BCUT2D eigenvalue weighted by Crippen LogP contribution is -2.41. The fourth-order valence-corrected chi connectivity index (χ4v) is 4.09. The van der Waals surface area contributed by atoms with Crippen molar-refractivity contribution < 1.29 is 17.9 Å². The van der Waals surface area contributed by atoms with E-state index in [1.54, 1.807) is 24.3 Å². The van der Waals surface area contributed by atoms with Gasteiger partial charge in [-0.05, 0) is 69.0 Å². The highest BCUT2D eigenvalue weighted by Crippen LogP contribution is 2.24. The molecule has 2 aromatic rings. The molecule has 2 rings (SSSR count). The third-order valence-corrected chi connectivity index (χ3v) is 5.97. The molecular weight excluding hydrogens is 388 g/mol. The Morgan fingerprint density at radius 1 is 1.10 bits per heavy atom. The SMILES string of the molecule is CCOc1cccc(N(CC(=O)N[C@@H](C)c2cc(C)c(C)cc2C)S(C)(=O)=O)c1. The second kappa shape index (κ2) is 9.31. The Morgan fingerprint density at radius 2 is 1.76 bits per heavy atom. The van der Waals surface area contributed by atoms with E-state index in [0.717, 1.165) is 27.3 Å². The van der Waals surface area contributed by atoms with Gasteiger partial charge in [0.1, 0.15) is 12.3 Å². The minimum absolute atomic E-state index is 0.238. The molecule has 0 saturated carbocycles. The minimum Gasteiger partial charge on any atom is -0.494 e. The molecule has 29 heavy (non-hydrogen) atoms. The largest absolute Gasteiger partial charge is 0.494 e. The van der Waals surface area contributed by atoms with Crippen molar-refractivity contribution in [3.8, 4) is 5.75 Å². The lowest BCUT2D eigenvalue weighted by atomic mass is 9.96. The number of hydrogen-bond donors (Lipinski definition) is 1. The summed E-state index contributed by atoms with van der Waals surface area (Å²) >= 11 is 0. The molecule has 0 aliphatic carbocycles. The lowest BCUT2D eigenvalue weighted by Gasteiger charge is -2.24. The number of hydrogen-bond acceptors (Lipinski definition) is 4. The molecule has 7 heteroatoms. The smallest absolute Gasteiger partial charge is 0.241 e. The summed E-state index contributed by atoms with van der Waals surface area (Å²) in [6.45, 7) is 10.0. The number of nitrogens with one attached hydrogen (secondary N) is 1. The van der Waals surface area contributed by atoms with Gasteiger partial charge in [-0.15, -0.1) is 0 Å². The fraction of sp³-hybridized carbons (Fsp3) is 0.409. The van der Waals surface area contributed by atoms with Gasteiger partial charge in [-0.2, -0.15) is 0 Å². The number of carbonyl (C=O) groups is 1. The van der Waals surface area contributed by atoms with Crippen LogP contribution in [0.3, 0.4) is 0 Å². The van der Waals surface area contributed by atoms with Crippen LogP contribution in [0.15, 0.2) is 36.4 Å². The average molecular weight is 419 g/mol. The van der Waals surface area contributed by atoms with Crippen LogP contribution >= 0.6 is 0 Å². The molecule has 0 heterocycles. The molecule has 158 valence electrons. The van der Waals surface area contributed by atoms with Gasteiger partial charge in [-0.1, -0.05) is 18.2 Å². The second-order valence-corrected chi connectivity index (χ2v) is 9.19. The first-order chi connectivity index (χ1) is 13.5. The van der Waals surface area contributed by atoms with E-state index in [1.807, 2.05) is 27.7 Å². The van der Waals surface area contributed by atoms with Gasteiger partial charge in [0, 0.05) is 6.07 Å². The van der Waals surface area contributed by atoms with Crippen molar-refractivity contribution in [3.63, 3.8) is 0 Å². The normalized spacial score (nSPS) is 12.3. The van der Waals surface area contributed by atoms with E-state index in [0.29, 0.717) is 18.0 Å². The predicted octanol–water partition coefficient (Wildman–Crippen LogP) is 3.65. The van der Waals surface area contributed by atoms with Crippen LogP contribution in [0.5, 0.6) is 5.75 Å². The van der Waals surface area contributed by atoms with Gasteiger partial charge in [0.25, 0.3) is 0 Å². The maximum atomic E-state index is 12.7. The molecule has 0 aromatic heterocycles. The summed E-state index contributed by atoms with van der Waals surface area (Å²) in [5, 5.41) is 2.92. The van der Waals surface area contributed by atoms with Crippen LogP contribution in [-0.4, -0.2) is 33.7 Å². The Balaban J connectivity index is 2.21. The van der Waals surface area contributed by atoms with E-state index in [1.165, 1.54) is 5.56 Å². The quantitative estimate of drug-likeness (QED) is 0.710. The van der Waals surface area contributed by atoms with Crippen molar-refractivity contribution >= 4 is 21.6 Å². The average Bonchev–Trinajstić information content (AvgIpc) is 2.62. The zero-order valence-corrected chi connectivity index (χ0v) is 18.8. The molecule has 0 unspecified atom stereocenters. The first kappa shape index (κ1) is 22.7. The first-order valence-electron chi connectivity index (χ1n) is 9.60. The van der Waals surface area contributed by atoms with Crippen LogP contribution in [-0.2, 0) is 14.8 Å². The Kier molecular flexibility index (Phi) is 7.30. The van der Waals surface area contributed by atoms with Crippen molar-refractivity contribution in [1.82, 2.24) is 5.32 Å². The summed E-state index contributed by atoms with van der Waals surface area (Å²) < 4.78 is 31.2. The molecule has 0 spiro atoms. The maximum Gasteiger partial charge on any atom is 0.241 e. The zero-order chi connectivity index (χ0) is 21.8. The van der Waals surface area contributed by atoms with E-state index in [2.05, 4.69) is 24.4 Å². The molecule has 0 aliphatic rings. The van der Waals surface area contributed by atoms with Gasteiger partial charge < -0.3 is 10.1 Å². The Bertz CT molecular complexity index is 986. The summed E-state index contributed by atoms with van der Waals surface area (Å²) in [4.78, 5) is 12.7. The molecular formula is C22H30N2O4S. The van der Waals surface area contributed by atoms with Crippen LogP contribution in [0.1, 0.15) is 42.1 Å². The first-order valence-corrected chi connectivity index (χ1v) is 11.5. The molecule has 6 nitrogen and oxygen atoms in total. The summed E-state index contributed by atoms with van der Waals surface area (Å²) in [6.07, 6.45) is 1.09. The van der Waals surface area contributed by atoms with Crippen LogP contribution in [0.2, 0.25) is 0 Å². The van der Waals surface area contributed by atoms with Crippen LogP contribution < -0.4 is 14.4 Å². The summed E-state index contributed by atoms with van der Waals surface area (Å²) in [7, 11) is -3.65. The highest BCUT2D eigenvalue weighted by Gasteiger charge is 2.23. The van der Waals surface area contributed by atoms with Crippen molar-refractivity contribution in [1.29, 1.82) is 0 Å². The molecule has 1 N–H and O–H groups in total. The summed E-state index contributed by atoms with van der Waals surface area (Å²) in [6, 6.07) is 10.6. The van der Waals surface area contributed by atoms with Crippen LogP contribution in [0.4, 0.5) is 5.69 Å². The number of ether oxygens (including phenoxy) is 1. The van der Waals surface area contributed by atoms with Crippen molar-refractivity contribution in [3.05, 3.63) is 58.7 Å². The van der Waals surface area contributed by atoms with Crippen molar-refractivity contribution in [2.24, 2.45) is 0 Å². The van der Waals surface area contributed by atoms with Gasteiger partial charge in [0.2, 0.25) is 15.9 Å². The topological polar surface area (TPSA) is 75.7 Å². The second-order valence-electron chi connectivity index (χ2n) is 7.28. The molecule has 1 atom stereocenters.